The van der Waals surface area contributed by atoms with Crippen molar-refractivity contribution in [1.29, 1.82) is 0 Å². The van der Waals surface area contributed by atoms with Crippen molar-refractivity contribution in [1.82, 2.24) is 19.9 Å². The van der Waals surface area contributed by atoms with Crippen LogP contribution in [-0.4, -0.2) is 19.9 Å². The lowest BCUT2D eigenvalue weighted by atomic mass is 9.85. The molecule has 78 valence electrons. The van der Waals surface area contributed by atoms with E-state index in [0.29, 0.717) is 17.1 Å². The van der Waals surface area contributed by atoms with Crippen LogP contribution in [0.15, 0.2) is 9.59 Å². The molecule has 0 saturated heterocycles. The molecule has 1 fully saturated rings. The van der Waals surface area contributed by atoms with Crippen LogP contribution in [0.3, 0.4) is 0 Å². The van der Waals surface area contributed by atoms with Gasteiger partial charge in [-0.3, -0.25) is 14.8 Å². The molecule has 0 amide bonds. The van der Waals surface area contributed by atoms with Gasteiger partial charge in [0.05, 0.1) is 0 Å². The summed E-state index contributed by atoms with van der Waals surface area (Å²) in [7, 11) is 0. The summed E-state index contributed by atoms with van der Waals surface area (Å²) in [5.41, 5.74) is -0.215. The van der Waals surface area contributed by atoms with E-state index in [9.17, 15) is 9.59 Å². The minimum atomic E-state index is -0.515. The molecule has 2 aromatic rings. The molecule has 1 aliphatic rings. The van der Waals surface area contributed by atoms with E-state index in [-0.39, 0.29) is 0 Å². The number of nitrogens with one attached hydrogen (secondary N) is 3. The molecule has 2 heterocycles. The van der Waals surface area contributed by atoms with Crippen molar-refractivity contribution >= 4 is 11.2 Å². The number of hydrogen-bond donors (Lipinski definition) is 3. The minimum absolute atomic E-state index is 0.352. The Morgan fingerprint density at radius 1 is 1.13 bits per heavy atom. The molecule has 3 N–H and O–H groups in total. The van der Waals surface area contributed by atoms with Crippen LogP contribution in [0.2, 0.25) is 0 Å². The molecular weight excluding hydrogens is 196 g/mol. The topological polar surface area (TPSA) is 94.4 Å². The molecule has 3 rings (SSSR count). The zero-order chi connectivity index (χ0) is 10.4. The maximum atomic E-state index is 11.4. The Labute approximate surface area is 83.8 Å². The molecule has 0 bridgehead atoms. The first kappa shape index (κ1) is 8.46. The number of H-pyrrole nitrogens is 3. The summed E-state index contributed by atoms with van der Waals surface area (Å²) in [5, 5.41) is 0. The zero-order valence-corrected chi connectivity index (χ0v) is 7.96. The minimum Gasteiger partial charge on any atom is -0.336 e. The van der Waals surface area contributed by atoms with Crippen LogP contribution in [0.4, 0.5) is 0 Å². The quantitative estimate of drug-likeness (QED) is 0.622. The Hall–Kier alpha value is -1.85. The highest BCUT2D eigenvalue weighted by Gasteiger charge is 2.23. The van der Waals surface area contributed by atoms with Crippen molar-refractivity contribution in [2.24, 2.45) is 0 Å². The molecule has 1 saturated carbocycles. The Morgan fingerprint density at radius 2 is 1.93 bits per heavy atom. The van der Waals surface area contributed by atoms with Crippen molar-refractivity contribution in [2.75, 3.05) is 0 Å². The third kappa shape index (κ3) is 1.21. The van der Waals surface area contributed by atoms with E-state index in [0.717, 1.165) is 18.7 Å². The van der Waals surface area contributed by atoms with Gasteiger partial charge in [-0.1, -0.05) is 6.42 Å². The molecular formula is C9H10N4O2. The molecule has 1 aliphatic carbocycles. The fourth-order valence-corrected chi connectivity index (χ4v) is 1.83. The first-order valence-corrected chi connectivity index (χ1v) is 4.96. The summed E-state index contributed by atoms with van der Waals surface area (Å²) in [6, 6.07) is 0. The van der Waals surface area contributed by atoms with E-state index in [1.165, 1.54) is 6.42 Å². The van der Waals surface area contributed by atoms with Gasteiger partial charge >= 0.3 is 5.69 Å². The van der Waals surface area contributed by atoms with Crippen LogP contribution >= 0.6 is 0 Å². The van der Waals surface area contributed by atoms with Crippen molar-refractivity contribution in [2.45, 2.75) is 25.2 Å². The average molecular weight is 206 g/mol. The number of imidazole rings is 1. The molecule has 0 aromatic carbocycles. The molecule has 6 heteroatoms. The highest BCUT2D eigenvalue weighted by atomic mass is 16.2. The van der Waals surface area contributed by atoms with Gasteiger partial charge in [0.25, 0.3) is 5.56 Å². The Balaban J connectivity index is 2.25. The number of rotatable bonds is 1. The highest BCUT2D eigenvalue weighted by molar-refractivity contribution is 5.68. The van der Waals surface area contributed by atoms with E-state index >= 15 is 0 Å². The standard InChI is InChI=1S/C9H10N4O2/c14-8-5-7(12-9(15)13-8)11-6(10-5)4-2-1-3-4/h4H,1-3H2,(H3,10,11,12,13,14,15). The van der Waals surface area contributed by atoms with E-state index < -0.39 is 11.2 Å². The molecule has 6 nitrogen and oxygen atoms in total. The van der Waals surface area contributed by atoms with Crippen LogP contribution in [-0.2, 0) is 0 Å². The largest absolute Gasteiger partial charge is 0.336 e. The fraction of sp³-hybridized carbons (Fsp3) is 0.444. The second kappa shape index (κ2) is 2.82. The Kier molecular flexibility index (Phi) is 1.59. The lowest BCUT2D eigenvalue weighted by Gasteiger charge is -2.22. The van der Waals surface area contributed by atoms with Gasteiger partial charge in [0.15, 0.2) is 5.65 Å². The van der Waals surface area contributed by atoms with E-state index in [1.54, 1.807) is 0 Å². The van der Waals surface area contributed by atoms with E-state index in [4.69, 9.17) is 0 Å². The van der Waals surface area contributed by atoms with Crippen molar-refractivity contribution in [3.05, 3.63) is 26.7 Å². The van der Waals surface area contributed by atoms with Crippen LogP contribution in [0.5, 0.6) is 0 Å². The first-order chi connectivity index (χ1) is 7.24. The average Bonchev–Trinajstić information content (AvgIpc) is 2.44. The second-order valence-electron chi connectivity index (χ2n) is 3.88. The van der Waals surface area contributed by atoms with Gasteiger partial charge in [0, 0.05) is 5.92 Å². The number of aromatic amines is 3. The predicted octanol–water partition coefficient (Wildman–Crippen LogP) is 0.207. The van der Waals surface area contributed by atoms with Crippen molar-refractivity contribution < 1.29 is 0 Å². The summed E-state index contributed by atoms with van der Waals surface area (Å²) >= 11 is 0. The SMILES string of the molecule is O=c1[nH]c(=O)c2[nH]c(C3CCC3)nc2[nH]1. The molecule has 0 spiro atoms. The number of aromatic nitrogens is 4. The summed E-state index contributed by atoms with van der Waals surface area (Å²) in [5.74, 6) is 1.23. The molecule has 2 aromatic heterocycles. The molecule has 15 heavy (non-hydrogen) atoms. The van der Waals surface area contributed by atoms with Gasteiger partial charge in [-0.15, -0.1) is 0 Å². The van der Waals surface area contributed by atoms with Gasteiger partial charge in [0.2, 0.25) is 0 Å². The smallest absolute Gasteiger partial charge is 0.327 e. The van der Waals surface area contributed by atoms with E-state index in [2.05, 4.69) is 19.9 Å². The van der Waals surface area contributed by atoms with Gasteiger partial charge in [0.1, 0.15) is 11.3 Å². The van der Waals surface area contributed by atoms with Gasteiger partial charge < -0.3 is 4.98 Å². The van der Waals surface area contributed by atoms with Crippen molar-refractivity contribution in [3.8, 4) is 0 Å². The lowest BCUT2D eigenvalue weighted by molar-refractivity contribution is 0.404. The van der Waals surface area contributed by atoms with Crippen LogP contribution < -0.4 is 11.2 Å². The first-order valence-electron chi connectivity index (χ1n) is 4.96. The monoisotopic (exact) mass is 206 g/mol. The Bertz CT molecular complexity index is 617. The normalized spacial score (nSPS) is 16.8. The predicted molar refractivity (Wildman–Crippen MR) is 53.9 cm³/mol. The van der Waals surface area contributed by atoms with Gasteiger partial charge in [-0.25, -0.2) is 9.78 Å². The second-order valence-corrected chi connectivity index (χ2v) is 3.88. The lowest BCUT2D eigenvalue weighted by Crippen LogP contribution is -2.21. The third-order valence-electron chi connectivity index (χ3n) is 2.90. The van der Waals surface area contributed by atoms with Crippen LogP contribution in [0.1, 0.15) is 31.0 Å². The molecule has 0 radical (unpaired) electrons. The summed E-state index contributed by atoms with van der Waals surface area (Å²) < 4.78 is 0. The maximum absolute atomic E-state index is 11.4. The van der Waals surface area contributed by atoms with Crippen LogP contribution in [0.25, 0.3) is 11.2 Å². The zero-order valence-electron chi connectivity index (χ0n) is 7.96. The third-order valence-corrected chi connectivity index (χ3v) is 2.90. The van der Waals surface area contributed by atoms with Gasteiger partial charge in [-0.05, 0) is 12.8 Å². The molecule has 0 atom stereocenters. The summed E-state index contributed by atoms with van der Waals surface area (Å²) in [4.78, 5) is 34.3. The summed E-state index contributed by atoms with van der Waals surface area (Å²) in [6.07, 6.45) is 3.40. The molecule has 0 aliphatic heterocycles. The maximum Gasteiger partial charge on any atom is 0.327 e. The highest BCUT2D eigenvalue weighted by Crippen LogP contribution is 2.34. The molecule has 0 unspecified atom stereocenters. The van der Waals surface area contributed by atoms with Gasteiger partial charge in [-0.2, -0.15) is 0 Å². The number of fused-ring (bicyclic) bond motifs is 1. The summed E-state index contributed by atoms with van der Waals surface area (Å²) in [6.45, 7) is 0. The van der Waals surface area contributed by atoms with E-state index in [1.807, 2.05) is 0 Å². The van der Waals surface area contributed by atoms with Crippen LogP contribution in [0, 0.1) is 0 Å². The Morgan fingerprint density at radius 3 is 2.60 bits per heavy atom. The number of hydrogen-bond acceptors (Lipinski definition) is 3. The fourth-order valence-electron chi connectivity index (χ4n) is 1.83. The van der Waals surface area contributed by atoms with Crippen molar-refractivity contribution in [3.63, 3.8) is 0 Å². The number of nitrogens with zero attached hydrogens (tertiary/aromatic N) is 1.